The molecule has 0 spiro atoms. The number of nitrogens with zero attached hydrogens (tertiary/aromatic N) is 7. The number of carboxylic acids is 1. The lowest BCUT2D eigenvalue weighted by Gasteiger charge is -2.36. The smallest absolute Gasteiger partial charge is 0.354 e. The first kappa shape index (κ1) is 14.4. The van der Waals surface area contributed by atoms with Gasteiger partial charge in [0.2, 0.25) is 0 Å². The van der Waals surface area contributed by atoms with Crippen molar-refractivity contribution >= 4 is 23.3 Å². The Labute approximate surface area is 137 Å². The molecule has 4 heterocycles. The summed E-state index contributed by atoms with van der Waals surface area (Å²) in [6.45, 7) is 3.00. The van der Waals surface area contributed by atoms with Crippen molar-refractivity contribution in [3.63, 3.8) is 0 Å². The number of piperazine rings is 1. The molecule has 0 aromatic carbocycles. The molecule has 0 amide bonds. The average Bonchev–Trinajstić information content (AvgIpc) is 3.11. The Bertz CT molecular complexity index is 886. The lowest BCUT2D eigenvalue weighted by atomic mass is 10.3. The molecule has 9 heteroatoms. The number of hydrogen-bond acceptors (Lipinski definition) is 7. The predicted molar refractivity (Wildman–Crippen MR) is 86.4 cm³/mol. The van der Waals surface area contributed by atoms with Gasteiger partial charge in [0.15, 0.2) is 17.2 Å². The zero-order valence-corrected chi connectivity index (χ0v) is 12.8. The lowest BCUT2D eigenvalue weighted by Crippen LogP contribution is -2.47. The van der Waals surface area contributed by atoms with Gasteiger partial charge in [-0.2, -0.15) is 9.61 Å². The highest BCUT2D eigenvalue weighted by Gasteiger charge is 2.21. The number of anilines is 2. The Morgan fingerprint density at radius 1 is 1.08 bits per heavy atom. The minimum Gasteiger partial charge on any atom is -0.477 e. The Kier molecular flexibility index (Phi) is 3.45. The largest absolute Gasteiger partial charge is 0.477 e. The molecule has 0 atom stereocenters. The lowest BCUT2D eigenvalue weighted by molar-refractivity contribution is 0.0690. The second kappa shape index (κ2) is 5.76. The fraction of sp³-hybridized carbons (Fsp3) is 0.267. The maximum absolute atomic E-state index is 11.1. The summed E-state index contributed by atoms with van der Waals surface area (Å²) in [4.78, 5) is 27.9. The summed E-state index contributed by atoms with van der Waals surface area (Å²) in [6, 6.07) is 5.05. The van der Waals surface area contributed by atoms with Gasteiger partial charge in [-0.3, -0.25) is 4.98 Å². The molecular formula is C15H15N7O2. The van der Waals surface area contributed by atoms with E-state index in [-0.39, 0.29) is 5.69 Å². The van der Waals surface area contributed by atoms with E-state index in [1.165, 1.54) is 12.4 Å². The van der Waals surface area contributed by atoms with Crippen LogP contribution in [-0.4, -0.2) is 61.8 Å². The molecule has 4 rings (SSSR count). The summed E-state index contributed by atoms with van der Waals surface area (Å²) in [7, 11) is 0. The van der Waals surface area contributed by atoms with Crippen LogP contribution in [0.3, 0.4) is 0 Å². The molecule has 24 heavy (non-hydrogen) atoms. The summed E-state index contributed by atoms with van der Waals surface area (Å²) >= 11 is 0. The van der Waals surface area contributed by atoms with E-state index in [9.17, 15) is 4.79 Å². The number of pyridine rings is 1. The second-order valence-electron chi connectivity index (χ2n) is 5.46. The first-order chi connectivity index (χ1) is 11.7. The third-order valence-electron chi connectivity index (χ3n) is 4.05. The minimum absolute atomic E-state index is 0.0616. The van der Waals surface area contributed by atoms with Crippen LogP contribution in [0.15, 0.2) is 36.9 Å². The van der Waals surface area contributed by atoms with Gasteiger partial charge in [-0.05, 0) is 12.1 Å². The number of carbonyl (C=O) groups is 1. The van der Waals surface area contributed by atoms with Crippen molar-refractivity contribution in [3.05, 3.63) is 42.6 Å². The van der Waals surface area contributed by atoms with Crippen LogP contribution in [0.4, 0.5) is 11.6 Å². The summed E-state index contributed by atoms with van der Waals surface area (Å²) < 4.78 is 1.77. The Morgan fingerprint density at radius 3 is 2.67 bits per heavy atom. The Hall–Kier alpha value is -3.23. The van der Waals surface area contributed by atoms with E-state index in [0.29, 0.717) is 11.5 Å². The van der Waals surface area contributed by atoms with Gasteiger partial charge >= 0.3 is 5.97 Å². The van der Waals surface area contributed by atoms with Crippen molar-refractivity contribution in [1.29, 1.82) is 0 Å². The van der Waals surface area contributed by atoms with Crippen LogP contribution in [-0.2, 0) is 0 Å². The summed E-state index contributed by atoms with van der Waals surface area (Å²) in [5, 5.41) is 13.3. The summed E-state index contributed by atoms with van der Waals surface area (Å²) in [5.41, 5.74) is 0.775. The van der Waals surface area contributed by atoms with Crippen molar-refractivity contribution in [2.45, 2.75) is 0 Å². The van der Waals surface area contributed by atoms with Crippen molar-refractivity contribution in [3.8, 4) is 0 Å². The summed E-state index contributed by atoms with van der Waals surface area (Å²) in [5.74, 6) is 0.572. The van der Waals surface area contributed by atoms with Crippen molar-refractivity contribution in [2.75, 3.05) is 36.0 Å². The van der Waals surface area contributed by atoms with Gasteiger partial charge in [0.25, 0.3) is 0 Å². The molecule has 0 bridgehead atoms. The van der Waals surface area contributed by atoms with Crippen LogP contribution in [0.2, 0.25) is 0 Å². The third kappa shape index (κ3) is 2.49. The molecule has 1 aliphatic heterocycles. The summed E-state index contributed by atoms with van der Waals surface area (Å²) in [6.07, 6.45) is 4.97. The zero-order valence-electron chi connectivity index (χ0n) is 12.8. The maximum atomic E-state index is 11.1. The van der Waals surface area contributed by atoms with Gasteiger partial charge in [0.1, 0.15) is 12.1 Å². The fourth-order valence-corrected chi connectivity index (χ4v) is 2.84. The third-order valence-corrected chi connectivity index (χ3v) is 4.05. The van der Waals surface area contributed by atoms with E-state index >= 15 is 0 Å². The van der Waals surface area contributed by atoms with Gasteiger partial charge < -0.3 is 14.9 Å². The van der Waals surface area contributed by atoms with Crippen molar-refractivity contribution < 1.29 is 9.90 Å². The van der Waals surface area contributed by atoms with Crippen molar-refractivity contribution in [1.82, 2.24) is 24.6 Å². The number of aromatic carboxylic acids is 1. The Balaban J connectivity index is 1.52. The normalized spacial score (nSPS) is 15.0. The molecule has 3 aromatic heterocycles. The van der Waals surface area contributed by atoms with E-state index in [2.05, 4.69) is 29.9 Å². The number of hydrogen-bond donors (Lipinski definition) is 1. The molecule has 0 radical (unpaired) electrons. The van der Waals surface area contributed by atoms with Crippen molar-refractivity contribution in [2.24, 2.45) is 0 Å². The number of aromatic nitrogens is 5. The van der Waals surface area contributed by atoms with Crippen LogP contribution < -0.4 is 9.80 Å². The molecule has 0 unspecified atom stereocenters. The molecule has 3 aromatic rings. The van der Waals surface area contributed by atoms with Crippen LogP contribution in [0, 0.1) is 0 Å². The number of rotatable bonds is 3. The van der Waals surface area contributed by atoms with Gasteiger partial charge in [-0.1, -0.05) is 6.07 Å². The molecule has 1 saturated heterocycles. The van der Waals surface area contributed by atoms with Gasteiger partial charge in [-0.25, -0.2) is 14.8 Å². The highest BCUT2D eigenvalue weighted by atomic mass is 16.4. The molecule has 1 aliphatic rings. The molecular weight excluding hydrogens is 310 g/mol. The van der Waals surface area contributed by atoms with E-state index in [0.717, 1.165) is 32.0 Å². The van der Waals surface area contributed by atoms with E-state index in [4.69, 9.17) is 5.11 Å². The van der Waals surface area contributed by atoms with Crippen LogP contribution in [0.5, 0.6) is 0 Å². The van der Waals surface area contributed by atoms with Crippen LogP contribution in [0.1, 0.15) is 10.5 Å². The molecule has 0 saturated carbocycles. The monoisotopic (exact) mass is 325 g/mol. The first-order valence-corrected chi connectivity index (χ1v) is 7.56. The molecule has 0 aliphatic carbocycles. The van der Waals surface area contributed by atoms with E-state index in [1.807, 2.05) is 6.07 Å². The quantitative estimate of drug-likeness (QED) is 0.745. The molecule has 1 N–H and O–H groups in total. The molecule has 1 fully saturated rings. The highest BCUT2D eigenvalue weighted by molar-refractivity contribution is 5.85. The second-order valence-corrected chi connectivity index (χ2v) is 5.46. The number of carboxylic acid groups (broad SMARTS) is 1. The van der Waals surface area contributed by atoms with Crippen LogP contribution in [0.25, 0.3) is 5.65 Å². The predicted octanol–water partition coefficient (Wildman–Crippen LogP) is 0.544. The topological polar surface area (TPSA) is 99.8 Å². The van der Waals surface area contributed by atoms with Crippen LogP contribution >= 0.6 is 0 Å². The maximum Gasteiger partial charge on any atom is 0.354 e. The zero-order chi connectivity index (χ0) is 16.5. The van der Waals surface area contributed by atoms with Gasteiger partial charge in [-0.15, -0.1) is 0 Å². The first-order valence-electron chi connectivity index (χ1n) is 7.56. The molecule has 122 valence electrons. The van der Waals surface area contributed by atoms with E-state index < -0.39 is 5.97 Å². The molecule has 9 nitrogen and oxygen atoms in total. The standard InChI is InChI=1S/C15H15N7O2/c23-15(24)11-2-1-3-12(19-11)20-4-6-21(7-5-20)14-9-16-8-13-17-10-18-22(13)14/h1-3,8-10H,4-7H2,(H,23,24). The average molecular weight is 325 g/mol. The van der Waals surface area contributed by atoms with E-state index in [1.54, 1.807) is 23.0 Å². The van der Waals surface area contributed by atoms with Gasteiger partial charge in [0, 0.05) is 26.2 Å². The fourth-order valence-electron chi connectivity index (χ4n) is 2.84. The highest BCUT2D eigenvalue weighted by Crippen LogP contribution is 2.19. The SMILES string of the molecule is O=C(O)c1cccc(N2CCN(c3cncc4ncnn34)CC2)n1. The number of fused-ring (bicyclic) bond motifs is 1. The Morgan fingerprint density at radius 2 is 1.88 bits per heavy atom. The van der Waals surface area contributed by atoms with Gasteiger partial charge in [0.05, 0.1) is 12.4 Å². The minimum atomic E-state index is -1.01.